The van der Waals surface area contributed by atoms with E-state index < -0.39 is 7.32 Å². The van der Waals surface area contributed by atoms with Crippen molar-refractivity contribution in [3.05, 3.63) is 0 Å². The van der Waals surface area contributed by atoms with Crippen LogP contribution >= 0.6 is 37.0 Å². The summed E-state index contributed by atoms with van der Waals surface area (Å²) in [6, 6.07) is 0. The molecule has 0 spiro atoms. The molecule has 0 N–H and O–H groups in total. The smallest absolute Gasteiger partial charge is 0.374 e. The molecule has 3 atom stereocenters. The van der Waals surface area contributed by atoms with Crippen molar-refractivity contribution in [2.24, 2.45) is 0 Å². The van der Waals surface area contributed by atoms with Gasteiger partial charge in [-0.2, -0.15) is 0 Å². The van der Waals surface area contributed by atoms with Crippen molar-refractivity contribution < 1.29 is 14.0 Å². The molecule has 0 saturated carbocycles. The van der Waals surface area contributed by atoms with Gasteiger partial charge < -0.3 is 14.0 Å². The Bertz CT molecular complexity index is 150. The Morgan fingerprint density at radius 1 is 1.07 bits per heavy atom. The van der Waals surface area contributed by atoms with Crippen molar-refractivity contribution in [1.29, 1.82) is 0 Å². The van der Waals surface area contributed by atoms with E-state index in [0.29, 0.717) is 0 Å². The molecule has 15 heavy (non-hydrogen) atoms. The van der Waals surface area contributed by atoms with Crippen molar-refractivity contribution >= 4 is 44.3 Å². The summed E-state index contributed by atoms with van der Waals surface area (Å²) in [4.78, 5) is 0. The normalized spacial score (nSPS) is 17.2. The fourth-order valence-electron chi connectivity index (χ4n) is 0.848. The number of thioether (sulfide) groups is 1. The van der Waals surface area contributed by atoms with Gasteiger partial charge in [0.05, 0.1) is 16.3 Å². The lowest BCUT2D eigenvalue weighted by atomic mass is 10.2. The van der Waals surface area contributed by atoms with Crippen LogP contribution in [0.25, 0.3) is 0 Å². The van der Waals surface area contributed by atoms with Crippen LogP contribution in [-0.4, -0.2) is 29.4 Å². The third-order valence-corrected chi connectivity index (χ3v) is 2.48. The van der Waals surface area contributed by atoms with Crippen LogP contribution in [0.3, 0.4) is 0 Å². The molecule has 0 aromatic heterocycles. The standard InChI is InChI=1S/C8H19BO3S3/c1-5-15-8(4)12-9(10-6(2)13)11-7(3)14/h6-8,13-14H,5H2,1-4H3. The predicted octanol–water partition coefficient (Wildman–Crippen LogP) is 2.67. The summed E-state index contributed by atoms with van der Waals surface area (Å²) in [5.41, 5.74) is -0.444. The second kappa shape index (κ2) is 9.07. The topological polar surface area (TPSA) is 27.7 Å². The Morgan fingerprint density at radius 3 is 1.87 bits per heavy atom. The summed E-state index contributed by atoms with van der Waals surface area (Å²) in [7, 11) is -0.709. The highest BCUT2D eigenvalue weighted by Crippen LogP contribution is 2.15. The number of rotatable bonds is 8. The van der Waals surface area contributed by atoms with E-state index in [1.165, 1.54) is 0 Å². The van der Waals surface area contributed by atoms with Crippen LogP contribution in [0.2, 0.25) is 0 Å². The van der Waals surface area contributed by atoms with Gasteiger partial charge >= 0.3 is 7.32 Å². The van der Waals surface area contributed by atoms with Gasteiger partial charge in [0.15, 0.2) is 0 Å². The second-order valence-electron chi connectivity index (χ2n) is 2.92. The molecule has 0 amide bonds. The third-order valence-electron chi connectivity index (χ3n) is 1.32. The summed E-state index contributed by atoms with van der Waals surface area (Å²) >= 11 is 9.92. The highest BCUT2D eigenvalue weighted by Gasteiger charge is 2.27. The first kappa shape index (κ1) is 16.0. The maximum Gasteiger partial charge on any atom is 0.641 e. The molecule has 0 radical (unpaired) electrons. The van der Waals surface area contributed by atoms with Crippen molar-refractivity contribution in [2.75, 3.05) is 5.75 Å². The molecule has 90 valence electrons. The molecule has 0 saturated heterocycles. The first-order chi connectivity index (χ1) is 6.95. The minimum Gasteiger partial charge on any atom is -0.374 e. The molecule has 0 fully saturated rings. The van der Waals surface area contributed by atoms with Gasteiger partial charge in [0.1, 0.15) is 0 Å². The number of thiol groups is 2. The zero-order valence-corrected chi connectivity index (χ0v) is 12.1. The third kappa shape index (κ3) is 9.90. The largest absolute Gasteiger partial charge is 0.641 e. The summed E-state index contributed by atoms with van der Waals surface area (Å²) in [5, 5.41) is 0. The highest BCUT2D eigenvalue weighted by atomic mass is 32.2. The summed E-state index contributed by atoms with van der Waals surface area (Å²) in [6.07, 6.45) is 0. The van der Waals surface area contributed by atoms with Gasteiger partial charge in [0, 0.05) is 0 Å². The Labute approximate surface area is 108 Å². The SMILES string of the molecule is CCSC(C)OB(OC(C)S)OC(C)S. The lowest BCUT2D eigenvalue weighted by Gasteiger charge is -2.21. The van der Waals surface area contributed by atoms with Crippen LogP contribution in [0.15, 0.2) is 0 Å². The van der Waals surface area contributed by atoms with Gasteiger partial charge in [0.25, 0.3) is 0 Å². The summed E-state index contributed by atoms with van der Waals surface area (Å²) in [6.45, 7) is 7.65. The van der Waals surface area contributed by atoms with E-state index in [2.05, 4.69) is 32.2 Å². The van der Waals surface area contributed by atoms with E-state index in [9.17, 15) is 0 Å². The molecule has 0 aliphatic heterocycles. The molecule has 0 aliphatic rings. The van der Waals surface area contributed by atoms with Crippen molar-refractivity contribution in [3.8, 4) is 0 Å². The van der Waals surface area contributed by atoms with E-state index in [4.69, 9.17) is 14.0 Å². The lowest BCUT2D eigenvalue weighted by molar-refractivity contribution is 0.0819. The van der Waals surface area contributed by atoms with Crippen LogP contribution in [0, 0.1) is 0 Å². The zero-order chi connectivity index (χ0) is 11.8. The van der Waals surface area contributed by atoms with Crippen LogP contribution in [0.1, 0.15) is 27.7 Å². The predicted molar refractivity (Wildman–Crippen MR) is 73.5 cm³/mol. The minimum atomic E-state index is -0.709. The highest BCUT2D eigenvalue weighted by molar-refractivity contribution is 7.99. The van der Waals surface area contributed by atoms with E-state index in [-0.39, 0.29) is 16.3 Å². The average molecular weight is 270 g/mol. The van der Waals surface area contributed by atoms with Gasteiger partial charge in [-0.1, -0.05) is 6.92 Å². The molecular formula is C8H19BO3S3. The van der Waals surface area contributed by atoms with Crippen molar-refractivity contribution in [3.63, 3.8) is 0 Å². The second-order valence-corrected chi connectivity index (χ2v) is 5.95. The average Bonchev–Trinajstić information content (AvgIpc) is 2.00. The monoisotopic (exact) mass is 270 g/mol. The van der Waals surface area contributed by atoms with Gasteiger partial charge in [0.2, 0.25) is 0 Å². The maximum absolute atomic E-state index is 5.53. The molecule has 3 nitrogen and oxygen atoms in total. The number of hydrogen-bond acceptors (Lipinski definition) is 6. The molecular weight excluding hydrogens is 251 g/mol. The van der Waals surface area contributed by atoms with Crippen LogP contribution in [0.5, 0.6) is 0 Å². The van der Waals surface area contributed by atoms with E-state index in [0.717, 1.165) is 5.75 Å². The first-order valence-corrected chi connectivity index (χ1v) is 6.98. The Morgan fingerprint density at radius 2 is 1.53 bits per heavy atom. The minimum absolute atomic E-state index is 0.0270. The summed E-state index contributed by atoms with van der Waals surface area (Å²) < 4.78 is 16.2. The van der Waals surface area contributed by atoms with Crippen LogP contribution in [0.4, 0.5) is 0 Å². The number of hydrogen-bond donors (Lipinski definition) is 2. The zero-order valence-electron chi connectivity index (χ0n) is 9.54. The molecule has 7 heteroatoms. The molecule has 0 aromatic rings. The van der Waals surface area contributed by atoms with Crippen LogP contribution < -0.4 is 0 Å². The van der Waals surface area contributed by atoms with Gasteiger partial charge in [-0.3, -0.25) is 0 Å². The molecule has 0 rings (SSSR count). The maximum atomic E-state index is 5.53. The van der Waals surface area contributed by atoms with Gasteiger partial charge in [-0.25, -0.2) is 0 Å². The Hall–Kier alpha value is 0.995. The van der Waals surface area contributed by atoms with E-state index in [1.54, 1.807) is 11.8 Å². The quantitative estimate of drug-likeness (QED) is 0.403. The van der Waals surface area contributed by atoms with E-state index in [1.807, 2.05) is 20.8 Å². The molecule has 3 unspecified atom stereocenters. The summed E-state index contributed by atoms with van der Waals surface area (Å²) in [5.74, 6) is 0.987. The fourth-order valence-corrected chi connectivity index (χ4v) is 1.69. The van der Waals surface area contributed by atoms with E-state index >= 15 is 0 Å². The molecule has 0 aliphatic carbocycles. The van der Waals surface area contributed by atoms with Crippen molar-refractivity contribution in [1.82, 2.24) is 0 Å². The fraction of sp³-hybridized carbons (Fsp3) is 1.00. The van der Waals surface area contributed by atoms with Crippen molar-refractivity contribution in [2.45, 2.75) is 44.0 Å². The van der Waals surface area contributed by atoms with Crippen LogP contribution in [-0.2, 0) is 14.0 Å². The lowest BCUT2D eigenvalue weighted by Crippen LogP contribution is -2.33. The first-order valence-electron chi connectivity index (χ1n) is 4.89. The Balaban J connectivity index is 3.99. The van der Waals surface area contributed by atoms with Gasteiger partial charge in [-0.15, -0.1) is 37.0 Å². The molecule has 0 bridgehead atoms. The molecule has 0 aromatic carbocycles. The Kier molecular flexibility index (Phi) is 9.67. The molecule has 0 heterocycles. The van der Waals surface area contributed by atoms with Gasteiger partial charge in [-0.05, 0) is 26.5 Å².